The van der Waals surface area contributed by atoms with Crippen LogP contribution in [0.15, 0.2) is 30.3 Å². The van der Waals surface area contributed by atoms with Crippen LogP contribution in [0.3, 0.4) is 0 Å². The Morgan fingerprint density at radius 2 is 2.26 bits per heavy atom. The number of nitrogens with zero attached hydrogens (tertiary/aromatic N) is 1. The third-order valence-corrected chi connectivity index (χ3v) is 3.50. The molecule has 4 heteroatoms. The smallest absolute Gasteiger partial charge is 0.227 e. The Morgan fingerprint density at radius 3 is 2.89 bits per heavy atom. The average Bonchev–Trinajstić information content (AvgIpc) is 2.94. The highest BCUT2D eigenvalue weighted by molar-refractivity contribution is 5.80. The Kier molecular flexibility index (Phi) is 4.53. The molecule has 1 heterocycles. The zero-order chi connectivity index (χ0) is 13.7. The Balaban J connectivity index is 2.03. The molecule has 100 valence electrons. The van der Waals surface area contributed by atoms with Crippen molar-refractivity contribution < 1.29 is 9.53 Å². The third kappa shape index (κ3) is 3.12. The first-order chi connectivity index (χ1) is 9.26. The van der Waals surface area contributed by atoms with Gasteiger partial charge >= 0.3 is 0 Å². The summed E-state index contributed by atoms with van der Waals surface area (Å²) in [6.07, 6.45) is 1.54. The van der Waals surface area contributed by atoms with E-state index in [2.05, 4.69) is 11.4 Å². The molecule has 0 spiro atoms. The molecule has 0 aromatic heterocycles. The van der Waals surface area contributed by atoms with Gasteiger partial charge in [-0.05, 0) is 18.4 Å². The molecule has 1 aromatic carbocycles. The largest absolute Gasteiger partial charge is 0.377 e. The summed E-state index contributed by atoms with van der Waals surface area (Å²) in [6.45, 7) is 2.63. The van der Waals surface area contributed by atoms with Gasteiger partial charge in [-0.1, -0.05) is 37.3 Å². The molecule has 2 rings (SSSR count). The van der Waals surface area contributed by atoms with Crippen LogP contribution >= 0.6 is 0 Å². The third-order valence-electron chi connectivity index (χ3n) is 3.50. The fourth-order valence-corrected chi connectivity index (χ4v) is 2.44. The van der Waals surface area contributed by atoms with E-state index in [0.29, 0.717) is 6.61 Å². The van der Waals surface area contributed by atoms with Crippen molar-refractivity contribution in [1.82, 2.24) is 5.32 Å². The second-order valence-corrected chi connectivity index (χ2v) is 4.69. The predicted molar refractivity (Wildman–Crippen MR) is 71.1 cm³/mol. The fraction of sp³-hybridized carbons (Fsp3) is 0.467. The average molecular weight is 258 g/mol. The highest BCUT2D eigenvalue weighted by atomic mass is 16.5. The molecule has 0 radical (unpaired) electrons. The number of rotatable bonds is 4. The molecule has 19 heavy (non-hydrogen) atoms. The summed E-state index contributed by atoms with van der Waals surface area (Å²) in [5, 5.41) is 12.0. The Morgan fingerprint density at radius 1 is 1.53 bits per heavy atom. The summed E-state index contributed by atoms with van der Waals surface area (Å²) in [4.78, 5) is 12.2. The minimum absolute atomic E-state index is 0.0184. The number of ether oxygens (including phenoxy) is 1. The van der Waals surface area contributed by atoms with Crippen molar-refractivity contribution in [2.75, 3.05) is 6.61 Å². The number of carbonyl (C=O) groups is 1. The molecule has 0 saturated carbocycles. The van der Waals surface area contributed by atoms with Gasteiger partial charge in [0, 0.05) is 6.61 Å². The van der Waals surface area contributed by atoms with Crippen molar-refractivity contribution in [2.45, 2.75) is 31.9 Å². The van der Waals surface area contributed by atoms with Crippen molar-refractivity contribution >= 4 is 5.91 Å². The number of hydrogen-bond donors (Lipinski definition) is 1. The highest BCUT2D eigenvalue weighted by Gasteiger charge is 2.33. The minimum atomic E-state index is -0.591. The van der Waals surface area contributed by atoms with Crippen LogP contribution in [-0.2, 0) is 9.53 Å². The van der Waals surface area contributed by atoms with Crippen molar-refractivity contribution in [3.05, 3.63) is 35.9 Å². The van der Waals surface area contributed by atoms with Gasteiger partial charge in [-0.15, -0.1) is 0 Å². The molecular weight excluding hydrogens is 240 g/mol. The maximum Gasteiger partial charge on any atom is 0.227 e. The summed E-state index contributed by atoms with van der Waals surface area (Å²) in [6, 6.07) is 10.8. The molecule has 3 atom stereocenters. The highest BCUT2D eigenvalue weighted by Crippen LogP contribution is 2.24. The molecule has 1 saturated heterocycles. The Hall–Kier alpha value is -1.86. The van der Waals surface area contributed by atoms with Gasteiger partial charge in [0.05, 0.1) is 18.1 Å². The summed E-state index contributed by atoms with van der Waals surface area (Å²) in [5.41, 5.74) is 0.810. The van der Waals surface area contributed by atoms with Crippen molar-refractivity contribution in [2.24, 2.45) is 5.92 Å². The predicted octanol–water partition coefficient (Wildman–Crippen LogP) is 2.18. The van der Waals surface area contributed by atoms with Crippen LogP contribution in [0.5, 0.6) is 0 Å². The van der Waals surface area contributed by atoms with E-state index in [1.54, 1.807) is 0 Å². The van der Waals surface area contributed by atoms with Crippen molar-refractivity contribution in [3.63, 3.8) is 0 Å². The minimum Gasteiger partial charge on any atom is -0.377 e. The lowest BCUT2D eigenvalue weighted by Crippen LogP contribution is -2.37. The lowest BCUT2D eigenvalue weighted by Gasteiger charge is -2.19. The van der Waals surface area contributed by atoms with Gasteiger partial charge in [-0.25, -0.2) is 0 Å². The number of benzene rings is 1. The number of nitrogens with one attached hydrogen (secondary N) is 1. The molecule has 1 aliphatic rings. The summed E-state index contributed by atoms with van der Waals surface area (Å²) in [7, 11) is 0. The normalized spacial score (nSPS) is 23.6. The van der Waals surface area contributed by atoms with Gasteiger partial charge in [0.1, 0.15) is 6.04 Å². The summed E-state index contributed by atoms with van der Waals surface area (Å²) >= 11 is 0. The summed E-state index contributed by atoms with van der Waals surface area (Å²) < 4.78 is 5.51. The molecule has 0 bridgehead atoms. The second-order valence-electron chi connectivity index (χ2n) is 4.69. The van der Waals surface area contributed by atoms with E-state index in [-0.39, 0.29) is 17.9 Å². The Labute approximate surface area is 113 Å². The van der Waals surface area contributed by atoms with Crippen LogP contribution in [0.25, 0.3) is 0 Å². The van der Waals surface area contributed by atoms with Gasteiger partial charge < -0.3 is 10.1 Å². The number of nitriles is 1. The van der Waals surface area contributed by atoms with Gasteiger partial charge in [0.25, 0.3) is 0 Å². The topological polar surface area (TPSA) is 62.1 Å². The monoisotopic (exact) mass is 258 g/mol. The van der Waals surface area contributed by atoms with Gasteiger partial charge in [0.2, 0.25) is 5.91 Å². The van der Waals surface area contributed by atoms with Crippen LogP contribution < -0.4 is 5.32 Å². The summed E-state index contributed by atoms with van der Waals surface area (Å²) in [5.74, 6) is -0.218. The number of hydrogen-bond acceptors (Lipinski definition) is 3. The van der Waals surface area contributed by atoms with Crippen LogP contribution in [0.1, 0.15) is 31.4 Å². The molecule has 1 amide bonds. The fourth-order valence-electron chi connectivity index (χ4n) is 2.44. The van der Waals surface area contributed by atoms with Crippen LogP contribution in [-0.4, -0.2) is 18.6 Å². The zero-order valence-corrected chi connectivity index (χ0v) is 11.0. The van der Waals surface area contributed by atoms with E-state index in [1.807, 2.05) is 37.3 Å². The molecule has 1 aromatic rings. The van der Waals surface area contributed by atoms with Crippen LogP contribution in [0, 0.1) is 17.2 Å². The lowest BCUT2D eigenvalue weighted by molar-refractivity contribution is -0.127. The van der Waals surface area contributed by atoms with E-state index in [1.165, 1.54) is 0 Å². The standard InChI is InChI=1S/C15H18N2O2/c1-2-14-12(8-9-19-14)15(18)17-13(10-16)11-6-4-3-5-7-11/h3-7,12-14H,2,8-9H2,1H3,(H,17,18). The SMILES string of the molecule is CCC1OCCC1C(=O)NC(C#N)c1ccccc1. The van der Waals surface area contributed by atoms with E-state index in [9.17, 15) is 10.1 Å². The molecule has 3 unspecified atom stereocenters. The van der Waals surface area contributed by atoms with E-state index in [0.717, 1.165) is 18.4 Å². The van der Waals surface area contributed by atoms with Crippen molar-refractivity contribution in [1.29, 1.82) is 5.26 Å². The molecule has 1 fully saturated rings. The quantitative estimate of drug-likeness (QED) is 0.900. The van der Waals surface area contributed by atoms with E-state index in [4.69, 9.17) is 4.74 Å². The molecule has 1 aliphatic heterocycles. The van der Waals surface area contributed by atoms with E-state index < -0.39 is 6.04 Å². The van der Waals surface area contributed by atoms with Crippen LogP contribution in [0.4, 0.5) is 0 Å². The molecular formula is C15H18N2O2. The van der Waals surface area contributed by atoms with Gasteiger partial charge in [-0.3, -0.25) is 4.79 Å². The van der Waals surface area contributed by atoms with E-state index >= 15 is 0 Å². The first-order valence-corrected chi connectivity index (χ1v) is 6.62. The first-order valence-electron chi connectivity index (χ1n) is 6.62. The maximum absolute atomic E-state index is 12.2. The lowest BCUT2D eigenvalue weighted by atomic mass is 9.97. The Bertz CT molecular complexity index is 467. The number of carbonyl (C=O) groups excluding carboxylic acids is 1. The molecule has 0 aliphatic carbocycles. The molecule has 4 nitrogen and oxygen atoms in total. The van der Waals surface area contributed by atoms with Gasteiger partial charge in [0.15, 0.2) is 0 Å². The van der Waals surface area contributed by atoms with Crippen LogP contribution in [0.2, 0.25) is 0 Å². The second kappa shape index (κ2) is 6.35. The first kappa shape index (κ1) is 13.6. The van der Waals surface area contributed by atoms with Crippen molar-refractivity contribution in [3.8, 4) is 6.07 Å². The molecule has 1 N–H and O–H groups in total. The number of amides is 1. The van der Waals surface area contributed by atoms with Gasteiger partial charge in [-0.2, -0.15) is 5.26 Å². The zero-order valence-electron chi connectivity index (χ0n) is 11.0. The maximum atomic E-state index is 12.2.